The molecule has 5 heterocycles. The van der Waals surface area contributed by atoms with Crippen molar-refractivity contribution < 1.29 is 14.3 Å². The van der Waals surface area contributed by atoms with E-state index < -0.39 is 12.0 Å². The molecule has 2 unspecified atom stereocenters. The van der Waals surface area contributed by atoms with Crippen LogP contribution in [0.1, 0.15) is 40.8 Å². The number of likely N-dealkylation sites (tertiary alicyclic amines) is 1. The van der Waals surface area contributed by atoms with Crippen molar-refractivity contribution in [2.45, 2.75) is 25.2 Å². The first kappa shape index (κ1) is 22.3. The van der Waals surface area contributed by atoms with E-state index in [1.54, 1.807) is 35.6 Å². The van der Waals surface area contributed by atoms with Gasteiger partial charge in [0.2, 0.25) is 5.95 Å². The maximum absolute atomic E-state index is 13.6. The maximum Gasteiger partial charge on any atom is 0.274 e. The summed E-state index contributed by atoms with van der Waals surface area (Å²) in [5.74, 6) is -0.338. The number of hydrogen-bond acceptors (Lipinski definition) is 9. The highest BCUT2D eigenvalue weighted by Gasteiger charge is 2.34. The molecule has 1 saturated heterocycles. The lowest BCUT2D eigenvalue weighted by Crippen LogP contribution is -2.60. The van der Waals surface area contributed by atoms with E-state index >= 15 is 0 Å². The molecule has 11 heteroatoms. The van der Waals surface area contributed by atoms with E-state index in [2.05, 4.69) is 30.6 Å². The number of aliphatic hydroxyl groups is 1. The zero-order chi connectivity index (χ0) is 23.7. The minimum Gasteiger partial charge on any atom is -0.374 e. The van der Waals surface area contributed by atoms with E-state index in [0.717, 1.165) is 6.20 Å². The SMILES string of the molecule is CC(Nc1nc(C(=O)N2CC(NC(O)c3ccncc3)C2)c2sccc2n1)c1cncc(F)c1. The Labute approximate surface area is 198 Å². The monoisotopic (exact) mass is 479 g/mol. The van der Waals surface area contributed by atoms with Gasteiger partial charge in [0.25, 0.3) is 5.91 Å². The van der Waals surface area contributed by atoms with Crippen LogP contribution in [0.5, 0.6) is 0 Å². The topological polar surface area (TPSA) is 116 Å². The minimum atomic E-state index is -0.831. The Balaban J connectivity index is 1.29. The standard InChI is InChI=1S/C23H22FN7O2S/c1-13(15-8-16(24)10-26-9-15)27-23-29-18-4-7-34-20(18)19(30-23)22(33)31-11-17(12-31)28-21(32)14-2-5-25-6-3-14/h2-10,13,17,21,28,32H,11-12H2,1H3,(H,27,29,30). The third kappa shape index (κ3) is 4.58. The molecule has 34 heavy (non-hydrogen) atoms. The summed E-state index contributed by atoms with van der Waals surface area (Å²) < 4.78 is 14.3. The number of rotatable bonds is 7. The van der Waals surface area contributed by atoms with Crippen LogP contribution in [0.3, 0.4) is 0 Å². The van der Waals surface area contributed by atoms with Gasteiger partial charge in [-0.05, 0) is 47.7 Å². The fraction of sp³-hybridized carbons (Fsp3) is 0.261. The van der Waals surface area contributed by atoms with E-state index in [4.69, 9.17) is 0 Å². The molecule has 1 amide bonds. The molecular formula is C23H22FN7O2S. The lowest BCUT2D eigenvalue weighted by molar-refractivity contribution is 0.0396. The summed E-state index contributed by atoms with van der Waals surface area (Å²) in [4.78, 5) is 31.8. The number of fused-ring (bicyclic) bond motifs is 1. The Kier molecular flexibility index (Phi) is 6.14. The van der Waals surface area contributed by atoms with E-state index in [1.807, 2.05) is 18.4 Å². The average Bonchev–Trinajstić information content (AvgIpc) is 3.29. The molecule has 9 nitrogen and oxygen atoms in total. The fourth-order valence-electron chi connectivity index (χ4n) is 3.78. The van der Waals surface area contributed by atoms with Crippen LogP contribution < -0.4 is 10.6 Å². The first-order valence-electron chi connectivity index (χ1n) is 10.7. The first-order chi connectivity index (χ1) is 16.5. The number of hydrogen-bond donors (Lipinski definition) is 3. The number of thiophene rings is 1. The fourth-order valence-corrected chi connectivity index (χ4v) is 4.59. The molecule has 3 N–H and O–H groups in total. The van der Waals surface area contributed by atoms with Crippen LogP contribution in [0.25, 0.3) is 10.2 Å². The predicted octanol–water partition coefficient (Wildman–Crippen LogP) is 2.90. The lowest BCUT2D eigenvalue weighted by atomic mass is 10.1. The molecule has 1 fully saturated rings. The summed E-state index contributed by atoms with van der Waals surface area (Å²) in [6, 6.07) is 6.36. The third-order valence-electron chi connectivity index (χ3n) is 5.66. The molecule has 0 radical (unpaired) electrons. The number of anilines is 1. The Morgan fingerprint density at radius 1 is 1.18 bits per heavy atom. The zero-order valence-corrected chi connectivity index (χ0v) is 19.0. The Hall–Kier alpha value is -3.54. The zero-order valence-electron chi connectivity index (χ0n) is 18.2. The number of pyridine rings is 2. The summed E-state index contributed by atoms with van der Waals surface area (Å²) in [5.41, 5.74) is 2.35. The van der Waals surface area contributed by atoms with Crippen LogP contribution in [0.4, 0.5) is 10.3 Å². The Bertz CT molecular complexity index is 1310. The smallest absolute Gasteiger partial charge is 0.274 e. The highest BCUT2D eigenvalue weighted by Crippen LogP contribution is 2.27. The third-order valence-corrected chi connectivity index (χ3v) is 6.57. The summed E-state index contributed by atoms with van der Waals surface area (Å²) in [7, 11) is 0. The van der Waals surface area contributed by atoms with Gasteiger partial charge >= 0.3 is 0 Å². The lowest BCUT2D eigenvalue weighted by Gasteiger charge is -2.40. The van der Waals surface area contributed by atoms with Crippen molar-refractivity contribution in [3.8, 4) is 0 Å². The van der Waals surface area contributed by atoms with Gasteiger partial charge in [0, 0.05) is 37.7 Å². The van der Waals surface area contributed by atoms with Crippen LogP contribution in [0.15, 0.2) is 54.4 Å². The first-order valence-corrected chi connectivity index (χ1v) is 11.6. The van der Waals surface area contributed by atoms with Gasteiger partial charge in [-0.3, -0.25) is 20.1 Å². The number of aliphatic hydroxyl groups excluding tert-OH is 1. The molecule has 2 atom stereocenters. The van der Waals surface area contributed by atoms with Crippen LogP contribution >= 0.6 is 11.3 Å². The summed E-state index contributed by atoms with van der Waals surface area (Å²) in [5, 5.41) is 18.5. The normalized spacial score (nSPS) is 15.7. The minimum absolute atomic E-state index is 0.0362. The summed E-state index contributed by atoms with van der Waals surface area (Å²) in [6.07, 6.45) is 5.13. The second kappa shape index (κ2) is 9.37. The number of carbonyl (C=O) groups is 1. The van der Waals surface area contributed by atoms with Crippen molar-refractivity contribution in [1.29, 1.82) is 0 Å². The highest BCUT2D eigenvalue weighted by atomic mass is 32.1. The van der Waals surface area contributed by atoms with Crippen molar-refractivity contribution in [3.05, 3.63) is 77.1 Å². The van der Waals surface area contributed by atoms with E-state index in [-0.39, 0.29) is 23.9 Å². The summed E-state index contributed by atoms with van der Waals surface area (Å²) in [6.45, 7) is 2.75. The Morgan fingerprint density at radius 3 is 2.74 bits per heavy atom. The largest absolute Gasteiger partial charge is 0.374 e. The summed E-state index contributed by atoms with van der Waals surface area (Å²) >= 11 is 1.41. The van der Waals surface area contributed by atoms with Gasteiger partial charge < -0.3 is 15.3 Å². The second-order valence-corrected chi connectivity index (χ2v) is 9.01. The van der Waals surface area contributed by atoms with Crippen LogP contribution in [-0.4, -0.2) is 55.0 Å². The molecule has 0 spiro atoms. The molecule has 1 aliphatic rings. The molecule has 0 aromatic carbocycles. The van der Waals surface area contributed by atoms with Gasteiger partial charge in [0.05, 0.1) is 22.5 Å². The average molecular weight is 480 g/mol. The molecule has 0 aliphatic carbocycles. The molecular weight excluding hydrogens is 457 g/mol. The number of aromatic nitrogens is 4. The second-order valence-electron chi connectivity index (χ2n) is 8.09. The molecule has 4 aromatic rings. The van der Waals surface area contributed by atoms with Crippen molar-refractivity contribution in [1.82, 2.24) is 30.2 Å². The van der Waals surface area contributed by atoms with Crippen molar-refractivity contribution >= 4 is 33.4 Å². The quantitative estimate of drug-likeness (QED) is 0.347. The Morgan fingerprint density at radius 2 is 1.97 bits per heavy atom. The van der Waals surface area contributed by atoms with Gasteiger partial charge in [0.1, 0.15) is 12.0 Å². The molecule has 1 aliphatic heterocycles. The number of amides is 1. The highest BCUT2D eigenvalue weighted by molar-refractivity contribution is 7.17. The van der Waals surface area contributed by atoms with Crippen LogP contribution in [-0.2, 0) is 0 Å². The number of nitrogens with zero attached hydrogens (tertiary/aromatic N) is 5. The van der Waals surface area contributed by atoms with Crippen LogP contribution in [0.2, 0.25) is 0 Å². The van der Waals surface area contributed by atoms with Gasteiger partial charge in [-0.1, -0.05) is 0 Å². The van der Waals surface area contributed by atoms with E-state index in [9.17, 15) is 14.3 Å². The van der Waals surface area contributed by atoms with Crippen LogP contribution in [0, 0.1) is 5.82 Å². The van der Waals surface area contributed by atoms with Crippen molar-refractivity contribution in [2.24, 2.45) is 0 Å². The van der Waals surface area contributed by atoms with Crippen molar-refractivity contribution in [2.75, 3.05) is 18.4 Å². The van der Waals surface area contributed by atoms with E-state index in [1.165, 1.54) is 17.4 Å². The van der Waals surface area contributed by atoms with Gasteiger partial charge in [-0.15, -0.1) is 11.3 Å². The number of carbonyl (C=O) groups excluding carboxylic acids is 1. The van der Waals surface area contributed by atoms with Gasteiger partial charge in [-0.2, -0.15) is 0 Å². The van der Waals surface area contributed by atoms with E-state index in [0.29, 0.717) is 40.1 Å². The van der Waals surface area contributed by atoms with Gasteiger partial charge in [0.15, 0.2) is 5.69 Å². The molecule has 4 aromatic heterocycles. The maximum atomic E-state index is 13.6. The number of nitrogens with one attached hydrogen (secondary N) is 2. The number of halogens is 1. The van der Waals surface area contributed by atoms with Crippen molar-refractivity contribution in [3.63, 3.8) is 0 Å². The predicted molar refractivity (Wildman–Crippen MR) is 126 cm³/mol. The van der Waals surface area contributed by atoms with Gasteiger partial charge in [-0.25, -0.2) is 14.4 Å². The molecule has 0 bridgehead atoms. The molecule has 5 rings (SSSR count). The molecule has 174 valence electrons. The molecule has 0 saturated carbocycles.